The summed E-state index contributed by atoms with van der Waals surface area (Å²) >= 11 is 0. The Hall–Kier alpha value is -2.20. The van der Waals surface area contributed by atoms with Crippen molar-refractivity contribution >= 4 is 30.9 Å². The first kappa shape index (κ1) is 23.0. The number of fused-ring (bicyclic) bond motifs is 1. The lowest BCUT2D eigenvalue weighted by Crippen LogP contribution is -2.33. The summed E-state index contributed by atoms with van der Waals surface area (Å²) < 4.78 is 63.7. The summed E-state index contributed by atoms with van der Waals surface area (Å²) in [6, 6.07) is 14.9. The van der Waals surface area contributed by atoms with Gasteiger partial charge < -0.3 is 4.74 Å². The molecular weight excluding hydrogens is 448 g/mol. The largest absolute Gasteiger partial charge is 0.381 e. The number of ether oxygens (including phenoxy) is 1. The van der Waals surface area contributed by atoms with Gasteiger partial charge in [-0.05, 0) is 42.9 Å². The van der Waals surface area contributed by atoms with E-state index in [1.54, 1.807) is 42.5 Å². The van der Waals surface area contributed by atoms with Crippen LogP contribution in [0.15, 0.2) is 64.4 Å². The number of sulfonamides is 1. The van der Waals surface area contributed by atoms with Crippen molar-refractivity contribution in [1.82, 2.24) is 8.69 Å². The molecule has 4 rings (SSSR count). The monoisotopic (exact) mass is 476 g/mol. The minimum absolute atomic E-state index is 0.0367. The molecule has 172 valence electrons. The molecule has 1 N–H and O–H groups in total. The van der Waals surface area contributed by atoms with Crippen molar-refractivity contribution in [3.05, 3.63) is 60.3 Å². The first-order valence-corrected chi connectivity index (χ1v) is 13.7. The Bertz CT molecular complexity index is 1310. The fourth-order valence-electron chi connectivity index (χ4n) is 4.19. The van der Waals surface area contributed by atoms with Gasteiger partial charge >= 0.3 is 0 Å². The van der Waals surface area contributed by atoms with Gasteiger partial charge in [0.1, 0.15) is 4.90 Å². The molecule has 0 spiro atoms. The van der Waals surface area contributed by atoms with Gasteiger partial charge in [-0.25, -0.2) is 25.5 Å². The topological polar surface area (TPSA) is 94.5 Å². The molecule has 9 heteroatoms. The van der Waals surface area contributed by atoms with Crippen molar-refractivity contribution in [3.63, 3.8) is 0 Å². The maximum atomic E-state index is 13.7. The predicted molar refractivity (Wildman–Crippen MR) is 124 cm³/mol. The predicted octanol–water partition coefficient (Wildman–Crippen LogP) is 3.71. The maximum absolute atomic E-state index is 13.7. The Kier molecular flexibility index (Phi) is 6.44. The van der Waals surface area contributed by atoms with E-state index in [9.17, 15) is 16.8 Å². The van der Waals surface area contributed by atoms with Crippen LogP contribution in [0.2, 0.25) is 0 Å². The van der Waals surface area contributed by atoms with Gasteiger partial charge in [0.05, 0.1) is 16.1 Å². The molecule has 7 nitrogen and oxygen atoms in total. The molecule has 1 aliphatic rings. The van der Waals surface area contributed by atoms with Crippen LogP contribution in [-0.4, -0.2) is 40.6 Å². The van der Waals surface area contributed by atoms with Crippen LogP contribution in [-0.2, 0) is 24.8 Å². The molecule has 1 aliphatic heterocycles. The lowest BCUT2D eigenvalue weighted by atomic mass is 10.0. The van der Waals surface area contributed by atoms with Gasteiger partial charge in [-0.2, -0.15) is 0 Å². The highest BCUT2D eigenvalue weighted by atomic mass is 32.2. The molecule has 2 heterocycles. The summed E-state index contributed by atoms with van der Waals surface area (Å²) in [5.41, 5.74) is 0.612. The maximum Gasteiger partial charge on any atom is 0.268 e. The summed E-state index contributed by atoms with van der Waals surface area (Å²) in [6.07, 6.45) is 1.59. The second kappa shape index (κ2) is 8.97. The van der Waals surface area contributed by atoms with E-state index in [-0.39, 0.29) is 27.3 Å². The number of nitrogens with zero attached hydrogens (tertiary/aromatic N) is 1. The molecule has 0 saturated carbocycles. The van der Waals surface area contributed by atoms with Crippen LogP contribution in [0.1, 0.15) is 38.3 Å². The van der Waals surface area contributed by atoms with E-state index < -0.39 is 20.0 Å². The van der Waals surface area contributed by atoms with Gasteiger partial charge in [-0.15, -0.1) is 0 Å². The van der Waals surface area contributed by atoms with Crippen LogP contribution in [0.25, 0.3) is 10.9 Å². The number of hydrogen-bond donors (Lipinski definition) is 1. The van der Waals surface area contributed by atoms with Crippen LogP contribution < -0.4 is 4.72 Å². The van der Waals surface area contributed by atoms with E-state index >= 15 is 0 Å². The van der Waals surface area contributed by atoms with E-state index in [1.165, 1.54) is 16.1 Å². The Morgan fingerprint density at radius 3 is 2.25 bits per heavy atom. The van der Waals surface area contributed by atoms with Crippen LogP contribution in [0.3, 0.4) is 0 Å². The lowest BCUT2D eigenvalue weighted by molar-refractivity contribution is 0.0678. The van der Waals surface area contributed by atoms with Crippen molar-refractivity contribution in [2.45, 2.75) is 42.4 Å². The van der Waals surface area contributed by atoms with Crippen LogP contribution in [0, 0.1) is 5.92 Å². The van der Waals surface area contributed by atoms with E-state index in [4.69, 9.17) is 4.74 Å². The average molecular weight is 477 g/mol. The zero-order valence-electron chi connectivity index (χ0n) is 18.2. The van der Waals surface area contributed by atoms with Gasteiger partial charge in [0, 0.05) is 25.1 Å². The Balaban J connectivity index is 1.89. The van der Waals surface area contributed by atoms with E-state index in [1.807, 2.05) is 13.8 Å². The normalized spacial score (nSPS) is 16.1. The molecule has 32 heavy (non-hydrogen) atoms. The third kappa shape index (κ3) is 4.22. The lowest BCUT2D eigenvalue weighted by Gasteiger charge is -2.22. The Labute approximate surface area is 189 Å². The summed E-state index contributed by atoms with van der Waals surface area (Å²) in [7, 11) is -7.97. The first-order valence-electron chi connectivity index (χ1n) is 10.7. The number of rotatable bonds is 7. The van der Waals surface area contributed by atoms with E-state index in [0.717, 1.165) is 12.8 Å². The Morgan fingerprint density at radius 1 is 0.969 bits per heavy atom. The molecule has 0 aliphatic carbocycles. The smallest absolute Gasteiger partial charge is 0.268 e. The SMILES string of the molecule is CC(C)c1c(S(=O)(=O)NCC2CCOCC2)c2ccccc2n1S(=O)(=O)c1ccccc1. The van der Waals surface area contributed by atoms with Crippen LogP contribution in [0.5, 0.6) is 0 Å². The standard InChI is InChI=1S/C23H28N2O5S2/c1-17(2)22-23(31(26,27)24-16-18-12-14-30-15-13-18)20-10-6-7-11-21(20)25(22)32(28,29)19-8-4-3-5-9-19/h3-11,17-18,24H,12-16H2,1-2H3. The van der Waals surface area contributed by atoms with Crippen molar-refractivity contribution in [2.75, 3.05) is 19.8 Å². The number of aromatic nitrogens is 1. The van der Waals surface area contributed by atoms with Gasteiger partial charge in [0.25, 0.3) is 10.0 Å². The average Bonchev–Trinajstić information content (AvgIpc) is 3.16. The second-order valence-corrected chi connectivity index (χ2v) is 11.9. The molecule has 0 radical (unpaired) electrons. The van der Waals surface area contributed by atoms with Gasteiger partial charge in [0.15, 0.2) is 0 Å². The van der Waals surface area contributed by atoms with Crippen molar-refractivity contribution in [2.24, 2.45) is 5.92 Å². The molecule has 0 unspecified atom stereocenters. The van der Waals surface area contributed by atoms with Gasteiger partial charge in [-0.1, -0.05) is 50.2 Å². The summed E-state index contributed by atoms with van der Waals surface area (Å²) in [6.45, 7) is 5.16. The van der Waals surface area contributed by atoms with Gasteiger partial charge in [0.2, 0.25) is 10.0 Å². The fourth-order valence-corrected chi connectivity index (χ4v) is 7.60. The Morgan fingerprint density at radius 2 is 1.59 bits per heavy atom. The van der Waals surface area contributed by atoms with Gasteiger partial charge in [-0.3, -0.25) is 0 Å². The molecule has 0 atom stereocenters. The number of benzene rings is 2. The third-order valence-electron chi connectivity index (χ3n) is 5.82. The minimum atomic E-state index is -4.01. The van der Waals surface area contributed by atoms with Crippen molar-refractivity contribution in [3.8, 4) is 0 Å². The highest BCUT2D eigenvalue weighted by molar-refractivity contribution is 7.91. The molecule has 1 saturated heterocycles. The number of nitrogens with one attached hydrogen (secondary N) is 1. The van der Waals surface area contributed by atoms with Crippen molar-refractivity contribution in [1.29, 1.82) is 0 Å². The quantitative estimate of drug-likeness (QED) is 0.561. The highest BCUT2D eigenvalue weighted by Gasteiger charge is 2.34. The minimum Gasteiger partial charge on any atom is -0.381 e. The second-order valence-electron chi connectivity index (χ2n) is 8.38. The summed E-state index contributed by atoms with van der Waals surface area (Å²) in [5.74, 6) is -0.155. The number of para-hydroxylation sites is 1. The summed E-state index contributed by atoms with van der Waals surface area (Å²) in [5, 5.41) is 0.398. The molecule has 0 bridgehead atoms. The zero-order valence-corrected chi connectivity index (χ0v) is 19.8. The van der Waals surface area contributed by atoms with Crippen LogP contribution >= 0.6 is 0 Å². The molecule has 0 amide bonds. The fraction of sp³-hybridized carbons (Fsp3) is 0.391. The molecule has 3 aromatic rings. The molecular formula is C23H28N2O5S2. The molecule has 1 aromatic heterocycles. The van der Waals surface area contributed by atoms with Crippen LogP contribution in [0.4, 0.5) is 0 Å². The van der Waals surface area contributed by atoms with Crippen molar-refractivity contribution < 1.29 is 21.6 Å². The number of hydrogen-bond acceptors (Lipinski definition) is 5. The zero-order chi connectivity index (χ0) is 22.9. The van der Waals surface area contributed by atoms with E-state index in [0.29, 0.717) is 30.7 Å². The summed E-state index contributed by atoms with van der Waals surface area (Å²) in [4.78, 5) is 0.149. The molecule has 2 aromatic carbocycles. The molecule has 1 fully saturated rings. The van der Waals surface area contributed by atoms with E-state index in [2.05, 4.69) is 4.72 Å². The third-order valence-corrected chi connectivity index (χ3v) is 9.07. The first-order chi connectivity index (χ1) is 15.2. The highest BCUT2D eigenvalue weighted by Crippen LogP contribution is 2.37.